The second kappa shape index (κ2) is 8.04. The summed E-state index contributed by atoms with van der Waals surface area (Å²) in [5, 5.41) is 17.4. The highest BCUT2D eigenvalue weighted by Gasteiger charge is 2.44. The monoisotopic (exact) mass is 398 g/mol. The molecule has 152 valence electrons. The molecular formula is C20H22N4O5. The highest BCUT2D eigenvalue weighted by atomic mass is 16.4. The number of rotatable bonds is 2. The Bertz CT molecular complexity index is 953. The summed E-state index contributed by atoms with van der Waals surface area (Å²) in [6, 6.07) is 7.42. The largest absolute Gasteiger partial charge is 0.483 e. The molecule has 1 amide bonds. The van der Waals surface area contributed by atoms with Gasteiger partial charge in [-0.15, -0.1) is 0 Å². The van der Waals surface area contributed by atoms with Crippen molar-refractivity contribution in [2.75, 3.05) is 13.1 Å². The number of benzene rings is 1. The maximum absolute atomic E-state index is 12.8. The molecule has 2 fully saturated rings. The molecule has 1 aliphatic carbocycles. The van der Waals surface area contributed by atoms with E-state index in [0.717, 1.165) is 6.42 Å². The van der Waals surface area contributed by atoms with Crippen LogP contribution in [-0.2, 0) is 4.79 Å². The molecule has 9 nitrogen and oxygen atoms in total. The van der Waals surface area contributed by atoms with E-state index in [1.54, 1.807) is 12.5 Å². The maximum atomic E-state index is 12.8. The van der Waals surface area contributed by atoms with E-state index in [9.17, 15) is 9.90 Å². The number of amides is 1. The van der Waals surface area contributed by atoms with Gasteiger partial charge in [0.25, 0.3) is 12.4 Å². The minimum atomic E-state index is -0.412. The van der Waals surface area contributed by atoms with Gasteiger partial charge in [-0.05, 0) is 36.8 Å². The van der Waals surface area contributed by atoms with Crippen molar-refractivity contribution in [1.82, 2.24) is 19.4 Å². The van der Waals surface area contributed by atoms with Gasteiger partial charge in [0.1, 0.15) is 5.52 Å². The number of carbonyl (C=O) groups excluding carboxylic acids is 1. The summed E-state index contributed by atoms with van der Waals surface area (Å²) in [7, 11) is 0. The van der Waals surface area contributed by atoms with Crippen LogP contribution in [0, 0.1) is 11.8 Å². The third-order valence-electron chi connectivity index (χ3n) is 5.78. The van der Waals surface area contributed by atoms with Crippen LogP contribution >= 0.6 is 0 Å². The number of imidazole rings is 1. The second-order valence-corrected chi connectivity index (χ2v) is 7.44. The average Bonchev–Trinajstić information content (AvgIpc) is 3.45. The van der Waals surface area contributed by atoms with Crippen LogP contribution in [0.3, 0.4) is 0 Å². The number of nitrogens with zero attached hydrogens (tertiary/aromatic N) is 4. The first-order valence-corrected chi connectivity index (χ1v) is 9.49. The first kappa shape index (κ1) is 19.1. The van der Waals surface area contributed by atoms with Gasteiger partial charge in [0.15, 0.2) is 5.58 Å². The van der Waals surface area contributed by atoms with Crippen LogP contribution in [-0.4, -0.2) is 61.2 Å². The molecule has 0 radical (unpaired) electrons. The van der Waals surface area contributed by atoms with Crippen molar-refractivity contribution in [3.63, 3.8) is 0 Å². The molecule has 1 aromatic carbocycles. The van der Waals surface area contributed by atoms with Gasteiger partial charge in [-0.25, -0.2) is 9.97 Å². The van der Waals surface area contributed by atoms with Crippen molar-refractivity contribution >= 4 is 23.5 Å². The number of carboxylic acid groups (broad SMARTS) is 1. The van der Waals surface area contributed by atoms with Crippen LogP contribution in [0.2, 0.25) is 0 Å². The lowest BCUT2D eigenvalue weighted by molar-refractivity contribution is -0.122. The highest BCUT2D eigenvalue weighted by molar-refractivity contribution is 5.92. The third-order valence-corrected chi connectivity index (χ3v) is 5.78. The average molecular weight is 398 g/mol. The molecule has 2 aromatic heterocycles. The van der Waals surface area contributed by atoms with Crippen LogP contribution in [0.15, 0.2) is 47.4 Å². The number of aliphatic hydroxyl groups excluding tert-OH is 1. The Morgan fingerprint density at radius 3 is 2.62 bits per heavy atom. The Morgan fingerprint density at radius 1 is 1.21 bits per heavy atom. The molecule has 3 aromatic rings. The first-order chi connectivity index (χ1) is 14.1. The molecule has 1 saturated carbocycles. The fourth-order valence-electron chi connectivity index (χ4n) is 4.46. The molecule has 29 heavy (non-hydrogen) atoms. The molecule has 2 aliphatic rings. The van der Waals surface area contributed by atoms with Crippen molar-refractivity contribution < 1.29 is 24.2 Å². The molecule has 0 bridgehead atoms. The quantitative estimate of drug-likeness (QED) is 0.631. The summed E-state index contributed by atoms with van der Waals surface area (Å²) in [5.74, 6) is 0.679. The molecule has 4 atom stereocenters. The van der Waals surface area contributed by atoms with Crippen molar-refractivity contribution in [2.24, 2.45) is 11.8 Å². The Kier molecular flexibility index (Phi) is 5.30. The van der Waals surface area contributed by atoms with E-state index < -0.39 is 6.10 Å². The zero-order valence-corrected chi connectivity index (χ0v) is 15.7. The van der Waals surface area contributed by atoms with Gasteiger partial charge < -0.3 is 24.1 Å². The van der Waals surface area contributed by atoms with Crippen molar-refractivity contribution in [2.45, 2.75) is 25.0 Å². The van der Waals surface area contributed by atoms with Gasteiger partial charge in [-0.2, -0.15) is 0 Å². The summed E-state index contributed by atoms with van der Waals surface area (Å²) in [6.07, 6.45) is 6.51. The Labute approximate surface area is 166 Å². The summed E-state index contributed by atoms with van der Waals surface area (Å²) >= 11 is 0. The Balaban J connectivity index is 0.000000645. The number of aromatic nitrogens is 3. The molecule has 2 N–H and O–H groups in total. The molecule has 1 saturated heterocycles. The van der Waals surface area contributed by atoms with Crippen molar-refractivity contribution in [3.05, 3.63) is 48.9 Å². The summed E-state index contributed by atoms with van der Waals surface area (Å²) in [6.45, 7) is 1.08. The van der Waals surface area contributed by atoms with E-state index in [-0.39, 0.29) is 24.3 Å². The number of carbonyl (C=O) groups is 2. The lowest BCUT2D eigenvalue weighted by Gasteiger charge is -2.35. The normalized spacial score (nSPS) is 25.9. The predicted octanol–water partition coefficient (Wildman–Crippen LogP) is 1.81. The van der Waals surface area contributed by atoms with E-state index in [1.807, 2.05) is 39.9 Å². The smallest absolute Gasteiger partial charge is 0.309 e. The molecule has 1 aliphatic heterocycles. The predicted molar refractivity (Wildman–Crippen MR) is 102 cm³/mol. The van der Waals surface area contributed by atoms with Gasteiger partial charge >= 0.3 is 5.91 Å². The lowest BCUT2D eigenvalue weighted by Crippen LogP contribution is -2.35. The molecule has 5 rings (SSSR count). The second-order valence-electron chi connectivity index (χ2n) is 7.44. The molecular weight excluding hydrogens is 376 g/mol. The highest BCUT2D eigenvalue weighted by Crippen LogP contribution is 2.41. The van der Waals surface area contributed by atoms with Crippen LogP contribution in [0.5, 0.6) is 0 Å². The van der Waals surface area contributed by atoms with Gasteiger partial charge in [-0.3, -0.25) is 9.59 Å². The van der Waals surface area contributed by atoms with Gasteiger partial charge in [0, 0.05) is 25.5 Å². The van der Waals surface area contributed by atoms with Crippen molar-refractivity contribution in [1.29, 1.82) is 0 Å². The van der Waals surface area contributed by atoms with Gasteiger partial charge in [0.2, 0.25) is 0 Å². The third kappa shape index (κ3) is 3.73. The van der Waals surface area contributed by atoms with Crippen LogP contribution < -0.4 is 0 Å². The van der Waals surface area contributed by atoms with Crippen LogP contribution in [0.4, 0.5) is 0 Å². The summed E-state index contributed by atoms with van der Waals surface area (Å²) in [5.41, 5.74) is 1.33. The minimum Gasteiger partial charge on any atom is -0.483 e. The van der Waals surface area contributed by atoms with Gasteiger partial charge in [-0.1, -0.05) is 12.1 Å². The van der Waals surface area contributed by atoms with E-state index in [1.165, 1.54) is 0 Å². The topological polar surface area (TPSA) is 122 Å². The Morgan fingerprint density at radius 2 is 1.93 bits per heavy atom. The van der Waals surface area contributed by atoms with E-state index in [4.69, 9.17) is 14.3 Å². The van der Waals surface area contributed by atoms with E-state index in [0.29, 0.717) is 42.4 Å². The number of oxazole rings is 1. The van der Waals surface area contributed by atoms with Crippen LogP contribution in [0.1, 0.15) is 29.6 Å². The fraction of sp³-hybridized carbons (Fsp3) is 0.400. The Hall–Kier alpha value is -3.20. The van der Waals surface area contributed by atoms with E-state index >= 15 is 0 Å². The first-order valence-electron chi connectivity index (χ1n) is 9.49. The standard InChI is InChI=1S/C19H20N4O3.CH2O2/c24-16-8-13-10-23(9-12(13)7-15(16)22-6-5-20-11-22)19(25)18-21-14-3-1-2-4-17(14)26-18;2-1-3/h1-6,11-13,15-16,24H,7-10H2;1H,(H,2,3)/t12-,13+,15-,16-;/m1./s1. The number of hydrogen-bond donors (Lipinski definition) is 2. The zero-order valence-electron chi connectivity index (χ0n) is 15.7. The number of likely N-dealkylation sites (tertiary alicyclic amines) is 1. The number of fused-ring (bicyclic) bond motifs is 2. The van der Waals surface area contributed by atoms with Crippen molar-refractivity contribution in [3.8, 4) is 0 Å². The SMILES string of the molecule is O=C(c1nc2ccccc2o1)N1C[C@H]2C[C@@H](n3ccnc3)[C@H](O)C[C@H]2C1.O=CO. The lowest BCUT2D eigenvalue weighted by atomic mass is 9.77. The molecule has 9 heteroatoms. The number of aliphatic hydroxyl groups is 1. The zero-order chi connectivity index (χ0) is 20.4. The fourth-order valence-corrected chi connectivity index (χ4v) is 4.46. The summed E-state index contributed by atoms with van der Waals surface area (Å²) < 4.78 is 7.61. The number of hydrogen-bond acceptors (Lipinski definition) is 6. The maximum Gasteiger partial charge on any atom is 0.309 e. The molecule has 0 unspecified atom stereocenters. The number of para-hydroxylation sites is 2. The molecule has 3 heterocycles. The minimum absolute atomic E-state index is 0.0260. The summed E-state index contributed by atoms with van der Waals surface area (Å²) in [4.78, 5) is 31.4. The van der Waals surface area contributed by atoms with Gasteiger partial charge in [0.05, 0.1) is 18.5 Å². The molecule has 0 spiro atoms. The van der Waals surface area contributed by atoms with Crippen LogP contribution in [0.25, 0.3) is 11.1 Å². The van der Waals surface area contributed by atoms with E-state index in [2.05, 4.69) is 9.97 Å².